The zero-order valence-corrected chi connectivity index (χ0v) is 16.5. The standard InChI is InChI=1S/C24H29N3O/c1-4-13-26(14-5-1)15-6-16-27-23-8-3-2-7-22(23)25-24(27)20-11-9-19(10-12-20)21-17-28-18-21/h2-3,7-12,21H,1,4-6,13-18H2. The summed E-state index contributed by atoms with van der Waals surface area (Å²) in [4.78, 5) is 7.60. The number of hydrogen-bond donors (Lipinski definition) is 0. The molecule has 0 amide bonds. The third-order valence-corrected chi connectivity index (χ3v) is 6.24. The normalized spacial score (nSPS) is 18.4. The molecule has 0 unspecified atom stereocenters. The summed E-state index contributed by atoms with van der Waals surface area (Å²) in [5, 5.41) is 0. The van der Waals surface area contributed by atoms with Gasteiger partial charge in [-0.25, -0.2) is 4.98 Å². The van der Waals surface area contributed by atoms with Crippen molar-refractivity contribution in [3.8, 4) is 11.4 Å². The molecule has 4 heteroatoms. The first kappa shape index (κ1) is 17.9. The van der Waals surface area contributed by atoms with Gasteiger partial charge >= 0.3 is 0 Å². The van der Waals surface area contributed by atoms with Crippen LogP contribution in [-0.4, -0.2) is 47.3 Å². The molecule has 0 saturated carbocycles. The van der Waals surface area contributed by atoms with E-state index in [1.54, 1.807) is 0 Å². The van der Waals surface area contributed by atoms with E-state index in [9.17, 15) is 0 Å². The van der Waals surface area contributed by atoms with Gasteiger partial charge in [0.25, 0.3) is 0 Å². The highest BCUT2D eigenvalue weighted by atomic mass is 16.5. The van der Waals surface area contributed by atoms with E-state index >= 15 is 0 Å². The molecule has 0 radical (unpaired) electrons. The fourth-order valence-electron chi connectivity index (χ4n) is 4.49. The van der Waals surface area contributed by atoms with Crippen LogP contribution in [0.1, 0.15) is 37.2 Å². The van der Waals surface area contributed by atoms with Crippen LogP contribution in [-0.2, 0) is 11.3 Å². The molecule has 146 valence electrons. The first-order valence-corrected chi connectivity index (χ1v) is 10.7. The summed E-state index contributed by atoms with van der Waals surface area (Å²) in [6.45, 7) is 6.45. The average molecular weight is 376 g/mol. The molecule has 2 saturated heterocycles. The van der Waals surface area contributed by atoms with Crippen LogP contribution in [0.3, 0.4) is 0 Å². The third kappa shape index (κ3) is 3.59. The molecule has 3 heterocycles. The van der Waals surface area contributed by atoms with Crippen molar-refractivity contribution in [3.63, 3.8) is 0 Å². The second kappa shape index (κ2) is 8.06. The van der Waals surface area contributed by atoms with Gasteiger partial charge in [0.1, 0.15) is 5.82 Å². The Hall–Kier alpha value is -2.17. The van der Waals surface area contributed by atoms with E-state index in [2.05, 4.69) is 58.0 Å². The molecule has 2 aliphatic rings. The van der Waals surface area contributed by atoms with Crippen LogP contribution in [0.5, 0.6) is 0 Å². The Labute approximate surface area is 167 Å². The van der Waals surface area contributed by atoms with Gasteiger partial charge in [0.15, 0.2) is 0 Å². The molecule has 2 aliphatic heterocycles. The first-order chi connectivity index (χ1) is 13.9. The van der Waals surface area contributed by atoms with Gasteiger partial charge in [-0.3, -0.25) is 0 Å². The maximum absolute atomic E-state index is 5.34. The quantitative estimate of drug-likeness (QED) is 0.626. The Bertz CT molecular complexity index is 921. The summed E-state index contributed by atoms with van der Waals surface area (Å²) in [6.07, 6.45) is 5.29. The highest BCUT2D eigenvalue weighted by molar-refractivity contribution is 5.80. The Kier molecular flexibility index (Phi) is 5.15. The lowest BCUT2D eigenvalue weighted by Gasteiger charge is -2.26. The molecule has 4 nitrogen and oxygen atoms in total. The molecule has 28 heavy (non-hydrogen) atoms. The highest BCUT2D eigenvalue weighted by Crippen LogP contribution is 2.29. The summed E-state index contributed by atoms with van der Waals surface area (Å²) >= 11 is 0. The van der Waals surface area contributed by atoms with Crippen molar-refractivity contribution in [3.05, 3.63) is 54.1 Å². The highest BCUT2D eigenvalue weighted by Gasteiger charge is 2.21. The fraction of sp³-hybridized carbons (Fsp3) is 0.458. The molecular formula is C24H29N3O. The number of aromatic nitrogens is 2. The van der Waals surface area contributed by atoms with Gasteiger partial charge in [-0.05, 0) is 56.6 Å². The maximum Gasteiger partial charge on any atom is 0.141 e. The lowest BCUT2D eigenvalue weighted by molar-refractivity contribution is 0.00843. The number of fused-ring (bicyclic) bond motifs is 1. The first-order valence-electron chi connectivity index (χ1n) is 10.7. The number of aryl methyl sites for hydroxylation is 1. The van der Waals surface area contributed by atoms with Crippen molar-refractivity contribution in [1.29, 1.82) is 0 Å². The number of likely N-dealkylation sites (tertiary alicyclic amines) is 1. The number of hydrogen-bond acceptors (Lipinski definition) is 3. The van der Waals surface area contributed by atoms with Crippen molar-refractivity contribution < 1.29 is 4.74 Å². The van der Waals surface area contributed by atoms with Crippen molar-refractivity contribution >= 4 is 11.0 Å². The zero-order chi connectivity index (χ0) is 18.8. The molecule has 0 spiro atoms. The molecule has 2 fully saturated rings. The van der Waals surface area contributed by atoms with Gasteiger partial charge in [-0.15, -0.1) is 0 Å². The molecule has 0 aliphatic carbocycles. The van der Waals surface area contributed by atoms with Crippen LogP contribution in [0.25, 0.3) is 22.4 Å². The monoisotopic (exact) mass is 375 g/mol. The smallest absolute Gasteiger partial charge is 0.141 e. The molecule has 2 aromatic carbocycles. The van der Waals surface area contributed by atoms with E-state index in [-0.39, 0.29) is 0 Å². The maximum atomic E-state index is 5.34. The van der Waals surface area contributed by atoms with Gasteiger partial charge in [0.2, 0.25) is 0 Å². The van der Waals surface area contributed by atoms with E-state index in [0.29, 0.717) is 5.92 Å². The Morgan fingerprint density at radius 3 is 2.43 bits per heavy atom. The van der Waals surface area contributed by atoms with E-state index in [1.807, 2.05) is 0 Å². The molecule has 3 aromatic rings. The number of rotatable bonds is 6. The second-order valence-electron chi connectivity index (χ2n) is 8.19. The summed E-state index contributed by atoms with van der Waals surface area (Å²) in [7, 11) is 0. The predicted molar refractivity (Wildman–Crippen MR) is 114 cm³/mol. The van der Waals surface area contributed by atoms with Crippen LogP contribution in [0.2, 0.25) is 0 Å². The van der Waals surface area contributed by atoms with Gasteiger partial charge in [0.05, 0.1) is 24.2 Å². The number of benzene rings is 2. The van der Waals surface area contributed by atoms with E-state index in [4.69, 9.17) is 9.72 Å². The van der Waals surface area contributed by atoms with Gasteiger partial charge < -0.3 is 14.2 Å². The van der Waals surface area contributed by atoms with E-state index in [1.165, 1.54) is 62.0 Å². The van der Waals surface area contributed by atoms with Crippen LogP contribution in [0.4, 0.5) is 0 Å². The van der Waals surface area contributed by atoms with E-state index < -0.39 is 0 Å². The van der Waals surface area contributed by atoms with Gasteiger partial charge in [-0.2, -0.15) is 0 Å². The minimum absolute atomic E-state index is 0.567. The third-order valence-electron chi connectivity index (χ3n) is 6.24. The summed E-state index contributed by atoms with van der Waals surface area (Å²) in [5.41, 5.74) is 4.92. The Balaban J connectivity index is 1.38. The molecule has 0 atom stereocenters. The van der Waals surface area contributed by atoms with Gasteiger partial charge in [0, 0.05) is 18.0 Å². The second-order valence-corrected chi connectivity index (χ2v) is 8.19. The molecule has 5 rings (SSSR count). The predicted octanol–water partition coefficient (Wildman–Crippen LogP) is 4.69. The van der Waals surface area contributed by atoms with Gasteiger partial charge in [-0.1, -0.05) is 42.8 Å². The summed E-state index contributed by atoms with van der Waals surface area (Å²) in [6, 6.07) is 17.5. The van der Waals surface area contributed by atoms with E-state index in [0.717, 1.165) is 31.1 Å². The lowest BCUT2D eigenvalue weighted by Crippen LogP contribution is -2.31. The van der Waals surface area contributed by atoms with Crippen molar-refractivity contribution in [2.45, 2.75) is 38.1 Å². The van der Waals surface area contributed by atoms with Crippen LogP contribution >= 0.6 is 0 Å². The number of piperidine rings is 1. The van der Waals surface area contributed by atoms with Crippen molar-refractivity contribution in [2.24, 2.45) is 0 Å². The van der Waals surface area contributed by atoms with Crippen molar-refractivity contribution in [1.82, 2.24) is 14.5 Å². The Morgan fingerprint density at radius 2 is 1.68 bits per heavy atom. The number of imidazole rings is 1. The number of nitrogens with zero attached hydrogens (tertiary/aromatic N) is 3. The summed E-state index contributed by atoms with van der Waals surface area (Å²) < 4.78 is 7.75. The molecule has 1 aromatic heterocycles. The topological polar surface area (TPSA) is 30.3 Å². The summed E-state index contributed by atoms with van der Waals surface area (Å²) in [5.74, 6) is 1.66. The minimum Gasteiger partial charge on any atom is -0.380 e. The lowest BCUT2D eigenvalue weighted by atomic mass is 9.96. The van der Waals surface area contributed by atoms with Crippen LogP contribution in [0, 0.1) is 0 Å². The minimum atomic E-state index is 0.567. The molecular weight excluding hydrogens is 346 g/mol. The SMILES string of the molecule is c1ccc2c(c1)nc(-c1ccc(C3COC3)cc1)n2CCCN1CCCCC1. The van der Waals surface area contributed by atoms with Crippen LogP contribution < -0.4 is 0 Å². The van der Waals surface area contributed by atoms with Crippen molar-refractivity contribution in [2.75, 3.05) is 32.8 Å². The largest absolute Gasteiger partial charge is 0.380 e. The number of ether oxygens (including phenoxy) is 1. The fourth-order valence-corrected chi connectivity index (χ4v) is 4.49. The molecule has 0 N–H and O–H groups in total. The van der Waals surface area contributed by atoms with Crippen LogP contribution in [0.15, 0.2) is 48.5 Å². The number of para-hydroxylation sites is 2. The molecule has 0 bridgehead atoms. The Morgan fingerprint density at radius 1 is 0.893 bits per heavy atom. The average Bonchev–Trinajstić information content (AvgIpc) is 3.07. The zero-order valence-electron chi connectivity index (χ0n) is 16.5.